The maximum absolute atomic E-state index is 12.4. The zero-order valence-corrected chi connectivity index (χ0v) is 18.2. The number of carbonyl (C=O) groups excluding carboxylic acids is 1. The fourth-order valence-electron chi connectivity index (χ4n) is 2.62. The van der Waals surface area contributed by atoms with Crippen molar-refractivity contribution in [2.75, 3.05) is 11.1 Å². The normalized spacial score (nSPS) is 11.7. The SMILES string of the molecule is Cc1ccc(CC(=O)NC(=S)Nc2ccc(S(=O)(=O)CC(C)(C)C)cc2)cc1. The molecule has 7 heteroatoms. The van der Waals surface area contributed by atoms with Crippen LogP contribution >= 0.6 is 12.2 Å². The van der Waals surface area contributed by atoms with Gasteiger partial charge in [-0.15, -0.1) is 0 Å². The van der Waals surface area contributed by atoms with Crippen LogP contribution in [0.15, 0.2) is 53.4 Å². The smallest absolute Gasteiger partial charge is 0.230 e. The van der Waals surface area contributed by atoms with E-state index in [1.54, 1.807) is 24.3 Å². The van der Waals surface area contributed by atoms with E-state index in [4.69, 9.17) is 12.2 Å². The van der Waals surface area contributed by atoms with Crippen LogP contribution in [0.1, 0.15) is 31.9 Å². The molecule has 2 aromatic rings. The van der Waals surface area contributed by atoms with E-state index in [1.807, 2.05) is 52.0 Å². The predicted octanol–water partition coefficient (Wildman–Crippen LogP) is 3.87. The second kappa shape index (κ2) is 8.84. The van der Waals surface area contributed by atoms with Gasteiger partial charge in [0.2, 0.25) is 5.91 Å². The third-order valence-corrected chi connectivity index (χ3v) is 6.27. The first-order chi connectivity index (χ1) is 12.9. The van der Waals surface area contributed by atoms with Crippen molar-refractivity contribution in [2.24, 2.45) is 5.41 Å². The van der Waals surface area contributed by atoms with Gasteiger partial charge in [0.15, 0.2) is 14.9 Å². The molecule has 0 atom stereocenters. The highest BCUT2D eigenvalue weighted by molar-refractivity contribution is 7.91. The molecule has 1 amide bonds. The number of anilines is 1. The van der Waals surface area contributed by atoms with Gasteiger partial charge in [0, 0.05) is 5.69 Å². The number of amides is 1. The summed E-state index contributed by atoms with van der Waals surface area (Å²) in [5.74, 6) is -0.147. The summed E-state index contributed by atoms with van der Waals surface area (Å²) in [6.45, 7) is 7.65. The summed E-state index contributed by atoms with van der Waals surface area (Å²) in [6, 6.07) is 14.1. The number of aryl methyl sites for hydroxylation is 1. The lowest BCUT2D eigenvalue weighted by atomic mass is 10.0. The molecule has 0 spiro atoms. The number of hydrogen-bond donors (Lipinski definition) is 2. The van der Waals surface area contributed by atoms with Gasteiger partial charge in [-0.25, -0.2) is 8.42 Å². The zero-order chi connectivity index (χ0) is 20.9. The molecular formula is C21H26N2O3S2. The van der Waals surface area contributed by atoms with Crippen LogP contribution in [0.4, 0.5) is 5.69 Å². The Kier molecular flexibility index (Phi) is 6.96. The molecule has 0 aliphatic heterocycles. The fourth-order valence-corrected chi connectivity index (χ4v) is 4.71. The van der Waals surface area contributed by atoms with Crippen molar-refractivity contribution in [3.05, 3.63) is 59.7 Å². The Morgan fingerprint density at radius 1 is 1.00 bits per heavy atom. The van der Waals surface area contributed by atoms with Gasteiger partial charge in [-0.2, -0.15) is 0 Å². The van der Waals surface area contributed by atoms with Crippen molar-refractivity contribution in [3.63, 3.8) is 0 Å². The average Bonchev–Trinajstić information content (AvgIpc) is 2.55. The van der Waals surface area contributed by atoms with Crippen molar-refractivity contribution < 1.29 is 13.2 Å². The van der Waals surface area contributed by atoms with Crippen LogP contribution in [0.2, 0.25) is 0 Å². The van der Waals surface area contributed by atoms with Crippen LogP contribution in [-0.4, -0.2) is 25.2 Å². The molecule has 0 bridgehead atoms. The molecule has 2 aromatic carbocycles. The number of hydrogen-bond acceptors (Lipinski definition) is 4. The van der Waals surface area contributed by atoms with Gasteiger partial charge in [-0.05, 0) is 54.4 Å². The third-order valence-electron chi connectivity index (χ3n) is 3.83. The van der Waals surface area contributed by atoms with E-state index >= 15 is 0 Å². The maximum Gasteiger partial charge on any atom is 0.230 e. The van der Waals surface area contributed by atoms with Crippen LogP contribution in [0.3, 0.4) is 0 Å². The minimum atomic E-state index is -3.35. The Morgan fingerprint density at radius 2 is 1.57 bits per heavy atom. The molecule has 2 N–H and O–H groups in total. The summed E-state index contributed by atoms with van der Waals surface area (Å²) in [5.41, 5.74) is 2.32. The molecule has 0 saturated carbocycles. The highest BCUT2D eigenvalue weighted by Gasteiger charge is 2.23. The molecule has 0 aliphatic rings. The molecule has 0 radical (unpaired) electrons. The summed E-state index contributed by atoms with van der Waals surface area (Å²) < 4.78 is 24.8. The van der Waals surface area contributed by atoms with Crippen LogP contribution in [0.25, 0.3) is 0 Å². The molecule has 28 heavy (non-hydrogen) atoms. The van der Waals surface area contributed by atoms with Crippen LogP contribution in [-0.2, 0) is 21.1 Å². The Hall–Kier alpha value is -2.25. The van der Waals surface area contributed by atoms with Gasteiger partial charge in [-0.3, -0.25) is 4.79 Å². The Morgan fingerprint density at radius 3 is 2.11 bits per heavy atom. The van der Waals surface area contributed by atoms with Crippen molar-refractivity contribution in [1.29, 1.82) is 0 Å². The van der Waals surface area contributed by atoms with E-state index in [-0.39, 0.29) is 33.5 Å². The van der Waals surface area contributed by atoms with Crippen LogP contribution < -0.4 is 10.6 Å². The standard InChI is InChI=1S/C21H26N2O3S2/c1-15-5-7-16(8-6-15)13-19(24)23-20(27)22-17-9-11-18(12-10-17)28(25,26)14-21(2,3)4/h5-12H,13-14H2,1-4H3,(H2,22,23,24,27). The molecule has 0 unspecified atom stereocenters. The van der Waals surface area contributed by atoms with Crippen molar-refractivity contribution in [3.8, 4) is 0 Å². The molecule has 0 fully saturated rings. The molecule has 2 rings (SSSR count). The highest BCUT2D eigenvalue weighted by atomic mass is 32.2. The minimum Gasteiger partial charge on any atom is -0.332 e. The minimum absolute atomic E-state index is 0.0697. The first-order valence-corrected chi connectivity index (χ1v) is 11.0. The second-order valence-corrected chi connectivity index (χ2v) is 10.4. The van der Waals surface area contributed by atoms with Gasteiger partial charge >= 0.3 is 0 Å². The number of nitrogens with one attached hydrogen (secondary N) is 2. The topological polar surface area (TPSA) is 75.3 Å². The number of benzene rings is 2. The highest BCUT2D eigenvalue weighted by Crippen LogP contribution is 2.23. The molecule has 0 aromatic heterocycles. The van der Waals surface area contributed by atoms with E-state index in [1.165, 1.54) is 0 Å². The van der Waals surface area contributed by atoms with Crippen molar-refractivity contribution in [2.45, 2.75) is 39.0 Å². The fraction of sp³-hybridized carbons (Fsp3) is 0.333. The second-order valence-electron chi connectivity index (χ2n) is 8.01. The first kappa shape index (κ1) is 22.0. The maximum atomic E-state index is 12.4. The largest absolute Gasteiger partial charge is 0.332 e. The number of rotatable bonds is 5. The van der Waals surface area contributed by atoms with Crippen molar-refractivity contribution >= 4 is 38.8 Å². The van der Waals surface area contributed by atoms with Gasteiger partial charge in [0.25, 0.3) is 0 Å². The van der Waals surface area contributed by atoms with Crippen molar-refractivity contribution in [1.82, 2.24) is 5.32 Å². The van der Waals surface area contributed by atoms with Gasteiger partial charge < -0.3 is 10.6 Å². The monoisotopic (exact) mass is 418 g/mol. The molecule has 150 valence electrons. The average molecular weight is 419 g/mol. The van der Waals surface area contributed by atoms with Crippen LogP contribution in [0, 0.1) is 12.3 Å². The van der Waals surface area contributed by atoms with Gasteiger partial charge in [0.05, 0.1) is 17.1 Å². The van der Waals surface area contributed by atoms with Gasteiger partial charge in [-0.1, -0.05) is 50.6 Å². The van der Waals surface area contributed by atoms with E-state index < -0.39 is 9.84 Å². The number of carbonyl (C=O) groups is 1. The Labute approximate surface area is 172 Å². The Balaban J connectivity index is 1.93. The van der Waals surface area contributed by atoms with E-state index in [9.17, 15) is 13.2 Å². The summed E-state index contributed by atoms with van der Waals surface area (Å²) in [6.07, 6.45) is 0.228. The van der Waals surface area contributed by atoms with Gasteiger partial charge in [0.1, 0.15) is 0 Å². The quantitative estimate of drug-likeness (QED) is 0.721. The van der Waals surface area contributed by atoms with E-state index in [2.05, 4.69) is 10.6 Å². The number of sulfone groups is 1. The predicted molar refractivity (Wildman–Crippen MR) is 117 cm³/mol. The Bertz CT molecular complexity index is 943. The van der Waals surface area contributed by atoms with Crippen LogP contribution in [0.5, 0.6) is 0 Å². The molecular weight excluding hydrogens is 392 g/mol. The lowest BCUT2D eigenvalue weighted by molar-refractivity contribution is -0.119. The van der Waals surface area contributed by atoms with E-state index in [0.717, 1.165) is 11.1 Å². The lowest BCUT2D eigenvalue weighted by Gasteiger charge is -2.18. The molecule has 0 saturated heterocycles. The molecule has 0 heterocycles. The third kappa shape index (κ3) is 7.05. The summed E-state index contributed by atoms with van der Waals surface area (Å²) in [5, 5.41) is 5.70. The summed E-state index contributed by atoms with van der Waals surface area (Å²) >= 11 is 5.17. The first-order valence-electron chi connectivity index (χ1n) is 8.94. The van der Waals surface area contributed by atoms with E-state index in [0.29, 0.717) is 5.69 Å². The summed E-state index contributed by atoms with van der Waals surface area (Å²) in [7, 11) is -3.35. The number of thiocarbonyl (C=S) groups is 1. The molecule has 0 aliphatic carbocycles. The zero-order valence-electron chi connectivity index (χ0n) is 16.6. The lowest BCUT2D eigenvalue weighted by Crippen LogP contribution is -2.35. The summed E-state index contributed by atoms with van der Waals surface area (Å²) in [4.78, 5) is 12.4. The molecule has 5 nitrogen and oxygen atoms in total.